The van der Waals surface area contributed by atoms with Crippen molar-refractivity contribution in [1.29, 1.82) is 0 Å². The van der Waals surface area contributed by atoms with Crippen LogP contribution in [0.5, 0.6) is 0 Å². The van der Waals surface area contributed by atoms with Crippen molar-refractivity contribution in [3.8, 4) is 0 Å². The van der Waals surface area contributed by atoms with Gasteiger partial charge in [0.2, 0.25) is 11.8 Å². The fraction of sp³-hybridized carbons (Fsp3) is 0.889. The summed E-state index contributed by atoms with van der Waals surface area (Å²) in [6, 6.07) is -1.22. The Labute approximate surface area is 200 Å². The number of esters is 1. The molecule has 3 fully saturated rings. The molecular weight excluding hydrogens is 416 g/mol. The molecule has 0 aromatic heterocycles. The molecule has 2 aliphatic carbocycles. The molecule has 0 unspecified atom stereocenters. The van der Waals surface area contributed by atoms with Crippen LogP contribution in [0.4, 0.5) is 0 Å². The Kier molecular flexibility index (Phi) is 7.85. The van der Waals surface area contributed by atoms with Crippen molar-refractivity contribution in [3.05, 3.63) is 0 Å². The lowest BCUT2D eigenvalue weighted by Gasteiger charge is -2.37. The van der Waals surface area contributed by atoms with Crippen LogP contribution in [0.15, 0.2) is 0 Å². The first kappa shape index (κ1) is 26.0. The van der Waals surface area contributed by atoms with Gasteiger partial charge in [-0.05, 0) is 69.6 Å². The highest BCUT2D eigenvalue weighted by Gasteiger charge is 2.53. The number of ether oxygens (including phenoxy) is 1. The van der Waals surface area contributed by atoms with Crippen molar-refractivity contribution < 1.29 is 19.1 Å². The van der Waals surface area contributed by atoms with Gasteiger partial charge in [-0.15, -0.1) is 0 Å². The number of nitrogens with one attached hydrogen (secondary N) is 1. The standard InChI is InChI=1S/C27H46N2O4/c1-17(18-12-9-8-10-13-18)23(30)28-22(26(2,3)4)24(31)29-16-19-14-11-15-20(19)21(29)25(32)33-27(5,6)7/h17-22H,8-16H2,1-7H3,(H,28,30)/t17-,19-,20-,21-,22+/m0/s1. The summed E-state index contributed by atoms with van der Waals surface area (Å²) in [4.78, 5) is 42.2. The molecule has 1 aliphatic heterocycles. The van der Waals surface area contributed by atoms with E-state index in [0.717, 1.165) is 32.1 Å². The fourth-order valence-corrected chi connectivity index (χ4v) is 6.13. The largest absolute Gasteiger partial charge is 0.458 e. The number of likely N-dealkylation sites (tertiary alicyclic amines) is 1. The zero-order valence-electron chi connectivity index (χ0n) is 21.9. The molecule has 0 radical (unpaired) electrons. The van der Waals surface area contributed by atoms with Gasteiger partial charge in [-0.3, -0.25) is 9.59 Å². The summed E-state index contributed by atoms with van der Waals surface area (Å²) in [6.45, 7) is 14.1. The predicted molar refractivity (Wildman–Crippen MR) is 129 cm³/mol. The third-order valence-corrected chi connectivity index (χ3v) is 7.99. The molecule has 1 N–H and O–H groups in total. The number of hydrogen-bond donors (Lipinski definition) is 1. The van der Waals surface area contributed by atoms with E-state index >= 15 is 0 Å². The molecule has 1 heterocycles. The van der Waals surface area contributed by atoms with Crippen molar-refractivity contribution in [2.75, 3.05) is 6.54 Å². The third kappa shape index (κ3) is 6.10. The molecule has 188 valence electrons. The lowest BCUT2D eigenvalue weighted by atomic mass is 9.79. The molecule has 0 aromatic rings. The molecular formula is C27H46N2O4. The van der Waals surface area contributed by atoms with E-state index in [0.29, 0.717) is 18.4 Å². The Hall–Kier alpha value is -1.59. The van der Waals surface area contributed by atoms with E-state index < -0.39 is 23.1 Å². The van der Waals surface area contributed by atoms with E-state index in [1.807, 2.05) is 48.5 Å². The molecule has 0 bridgehead atoms. The summed E-state index contributed by atoms with van der Waals surface area (Å²) in [5.41, 5.74) is -1.06. The van der Waals surface area contributed by atoms with Gasteiger partial charge in [0.25, 0.3) is 0 Å². The molecule has 3 rings (SSSR count). The average Bonchev–Trinajstić information content (AvgIpc) is 3.30. The number of amides is 2. The summed E-state index contributed by atoms with van der Waals surface area (Å²) < 4.78 is 5.75. The van der Waals surface area contributed by atoms with E-state index in [1.165, 1.54) is 19.3 Å². The monoisotopic (exact) mass is 462 g/mol. The highest BCUT2D eigenvalue weighted by Crippen LogP contribution is 2.44. The minimum Gasteiger partial charge on any atom is -0.458 e. The number of hydrogen-bond acceptors (Lipinski definition) is 4. The van der Waals surface area contributed by atoms with Gasteiger partial charge in [-0.2, -0.15) is 0 Å². The van der Waals surface area contributed by atoms with Crippen LogP contribution < -0.4 is 5.32 Å². The van der Waals surface area contributed by atoms with E-state index in [9.17, 15) is 14.4 Å². The van der Waals surface area contributed by atoms with Crippen molar-refractivity contribution in [1.82, 2.24) is 10.2 Å². The Bertz CT molecular complexity index is 729. The number of carbonyl (C=O) groups excluding carboxylic acids is 3. The fourth-order valence-electron chi connectivity index (χ4n) is 6.13. The predicted octanol–water partition coefficient (Wildman–Crippen LogP) is 4.70. The molecule has 6 heteroatoms. The smallest absolute Gasteiger partial charge is 0.329 e. The van der Waals surface area contributed by atoms with Gasteiger partial charge in [0, 0.05) is 12.5 Å². The average molecular weight is 463 g/mol. The Balaban J connectivity index is 1.79. The summed E-state index contributed by atoms with van der Waals surface area (Å²) in [5, 5.41) is 3.12. The first-order valence-corrected chi connectivity index (χ1v) is 13.1. The lowest BCUT2D eigenvalue weighted by Crippen LogP contribution is -2.58. The third-order valence-electron chi connectivity index (χ3n) is 7.99. The van der Waals surface area contributed by atoms with Gasteiger partial charge in [0.1, 0.15) is 17.7 Å². The van der Waals surface area contributed by atoms with E-state index in [1.54, 1.807) is 4.90 Å². The van der Waals surface area contributed by atoms with Crippen molar-refractivity contribution in [2.24, 2.45) is 29.1 Å². The Morgan fingerprint density at radius 3 is 2.12 bits per heavy atom. The quantitative estimate of drug-likeness (QED) is 0.601. The van der Waals surface area contributed by atoms with Crippen LogP contribution in [0.25, 0.3) is 0 Å². The second-order valence-electron chi connectivity index (χ2n) is 12.8. The topological polar surface area (TPSA) is 75.7 Å². The molecule has 0 aromatic carbocycles. The second-order valence-corrected chi connectivity index (χ2v) is 12.8. The van der Waals surface area contributed by atoms with E-state index in [4.69, 9.17) is 4.74 Å². The zero-order valence-corrected chi connectivity index (χ0v) is 21.9. The van der Waals surface area contributed by atoms with Gasteiger partial charge in [0.15, 0.2) is 0 Å². The Morgan fingerprint density at radius 1 is 0.909 bits per heavy atom. The van der Waals surface area contributed by atoms with Gasteiger partial charge < -0.3 is 15.0 Å². The van der Waals surface area contributed by atoms with Crippen LogP contribution in [0.2, 0.25) is 0 Å². The maximum Gasteiger partial charge on any atom is 0.329 e. The number of nitrogens with zero attached hydrogens (tertiary/aromatic N) is 1. The van der Waals surface area contributed by atoms with Crippen LogP contribution >= 0.6 is 0 Å². The molecule has 3 aliphatic rings. The van der Waals surface area contributed by atoms with Crippen molar-refractivity contribution >= 4 is 17.8 Å². The second kappa shape index (κ2) is 9.95. The maximum atomic E-state index is 13.9. The van der Waals surface area contributed by atoms with Crippen LogP contribution in [0.3, 0.4) is 0 Å². The highest BCUT2D eigenvalue weighted by atomic mass is 16.6. The van der Waals surface area contributed by atoms with E-state index in [2.05, 4.69) is 5.32 Å². The van der Waals surface area contributed by atoms with E-state index in [-0.39, 0.29) is 29.6 Å². The summed E-state index contributed by atoms with van der Waals surface area (Å²) >= 11 is 0. The molecule has 0 spiro atoms. The van der Waals surface area contributed by atoms with Gasteiger partial charge in [-0.25, -0.2) is 4.79 Å². The van der Waals surface area contributed by atoms with Gasteiger partial charge >= 0.3 is 5.97 Å². The molecule has 5 atom stereocenters. The minimum atomic E-state index is -0.667. The van der Waals surface area contributed by atoms with Crippen molar-refractivity contribution in [3.63, 3.8) is 0 Å². The summed E-state index contributed by atoms with van der Waals surface area (Å²) in [5.74, 6) is 0.281. The van der Waals surface area contributed by atoms with Gasteiger partial charge in [-0.1, -0.05) is 53.4 Å². The first-order chi connectivity index (χ1) is 15.3. The SMILES string of the molecule is C[C@H](C(=O)N[C@H](C(=O)N1C[C@@H]2CCC[C@@H]2[C@H]1C(=O)OC(C)(C)C)C(C)(C)C)C1CCCCC1. The van der Waals surface area contributed by atoms with Crippen LogP contribution in [0.1, 0.15) is 99.8 Å². The maximum absolute atomic E-state index is 13.9. The first-order valence-electron chi connectivity index (χ1n) is 13.1. The molecule has 33 heavy (non-hydrogen) atoms. The molecule has 2 saturated carbocycles. The summed E-state index contributed by atoms with van der Waals surface area (Å²) in [7, 11) is 0. The highest BCUT2D eigenvalue weighted by molar-refractivity contribution is 5.92. The van der Waals surface area contributed by atoms with Crippen LogP contribution in [-0.2, 0) is 19.1 Å². The normalized spacial score (nSPS) is 28.2. The zero-order chi connectivity index (χ0) is 24.6. The number of carbonyl (C=O) groups is 3. The van der Waals surface area contributed by atoms with Crippen LogP contribution in [0, 0.1) is 29.1 Å². The van der Waals surface area contributed by atoms with Gasteiger partial charge in [0.05, 0.1) is 0 Å². The molecule has 2 amide bonds. The Morgan fingerprint density at radius 2 is 1.55 bits per heavy atom. The summed E-state index contributed by atoms with van der Waals surface area (Å²) in [6.07, 6.45) is 8.85. The number of rotatable bonds is 5. The molecule has 6 nitrogen and oxygen atoms in total. The molecule has 1 saturated heterocycles. The van der Waals surface area contributed by atoms with Crippen molar-refractivity contribution in [2.45, 2.75) is 118 Å². The van der Waals surface area contributed by atoms with Crippen LogP contribution in [-0.4, -0.2) is 46.9 Å². The minimum absolute atomic E-state index is 0.0385. The number of fused-ring (bicyclic) bond motifs is 1. The lowest BCUT2D eigenvalue weighted by molar-refractivity contribution is -0.165.